The molecule has 7 nitrogen and oxygen atoms in total. The van der Waals surface area contributed by atoms with Crippen molar-refractivity contribution >= 4 is 23.4 Å². The van der Waals surface area contributed by atoms with Gasteiger partial charge in [0.25, 0.3) is 5.91 Å². The first-order chi connectivity index (χ1) is 10.1. The fourth-order valence-electron chi connectivity index (χ4n) is 1.63. The number of likely N-dealkylation sites (N-methyl/N-ethyl adjacent to an activating group) is 1. The second-order valence-corrected chi connectivity index (χ2v) is 5.11. The van der Waals surface area contributed by atoms with Crippen LogP contribution in [-0.2, 0) is 20.9 Å². The van der Waals surface area contributed by atoms with Gasteiger partial charge in [-0.05, 0) is 11.5 Å². The molecule has 1 amide bonds. The number of aromatic nitrogens is 3. The third-order valence-electron chi connectivity index (χ3n) is 2.84. The summed E-state index contributed by atoms with van der Waals surface area (Å²) < 4.78 is 10.2. The van der Waals surface area contributed by atoms with Crippen molar-refractivity contribution in [2.45, 2.75) is 6.54 Å². The predicted octanol–water partition coefficient (Wildman–Crippen LogP) is -2.87. The smallest absolute Gasteiger partial charge is 0.325 e. The largest absolute Gasteiger partial charge is 1.00 e. The van der Waals surface area contributed by atoms with Crippen molar-refractivity contribution in [2.75, 3.05) is 20.7 Å². The number of halogens is 1. The zero-order valence-corrected chi connectivity index (χ0v) is 14.5. The van der Waals surface area contributed by atoms with Crippen LogP contribution in [0.1, 0.15) is 0 Å². The summed E-state index contributed by atoms with van der Waals surface area (Å²) in [6.45, 7) is 0.0999. The molecule has 0 aliphatic heterocycles. The molecule has 0 saturated heterocycles. The number of amides is 1. The third kappa shape index (κ3) is 4.85. The molecule has 2 aromatic heterocycles. The summed E-state index contributed by atoms with van der Waals surface area (Å²) >= 11 is 1.31. The number of esters is 1. The molecule has 0 aliphatic carbocycles. The lowest BCUT2D eigenvalue weighted by atomic mass is 10.3. The highest BCUT2D eigenvalue weighted by atomic mass is 79.9. The van der Waals surface area contributed by atoms with Crippen LogP contribution < -0.4 is 21.5 Å². The zero-order chi connectivity index (χ0) is 15.2. The third-order valence-corrected chi connectivity index (χ3v) is 3.55. The van der Waals surface area contributed by atoms with Gasteiger partial charge in [0.15, 0.2) is 12.4 Å². The average Bonchev–Trinajstić information content (AvgIpc) is 3.02. The predicted molar refractivity (Wildman–Crippen MR) is 75.2 cm³/mol. The number of hydrogen-bond donors (Lipinski definition) is 0. The summed E-state index contributed by atoms with van der Waals surface area (Å²) in [4.78, 5) is 28.5. The average molecular weight is 387 g/mol. The van der Waals surface area contributed by atoms with E-state index in [0.717, 1.165) is 10.6 Å². The van der Waals surface area contributed by atoms with E-state index in [0.29, 0.717) is 0 Å². The molecule has 0 radical (unpaired) electrons. The Labute approximate surface area is 142 Å². The van der Waals surface area contributed by atoms with E-state index in [1.54, 1.807) is 24.0 Å². The Kier molecular flexibility index (Phi) is 7.06. The molecule has 22 heavy (non-hydrogen) atoms. The van der Waals surface area contributed by atoms with Gasteiger partial charge in [-0.1, -0.05) is 0 Å². The van der Waals surface area contributed by atoms with E-state index in [9.17, 15) is 9.59 Å². The second-order valence-electron chi connectivity index (χ2n) is 4.33. The van der Waals surface area contributed by atoms with E-state index < -0.39 is 5.97 Å². The van der Waals surface area contributed by atoms with Crippen molar-refractivity contribution in [3.05, 3.63) is 30.9 Å². The summed E-state index contributed by atoms with van der Waals surface area (Å²) in [5.41, 5.74) is 0.948. The topological polar surface area (TPSA) is 76.3 Å². The Morgan fingerprint density at radius 1 is 1.36 bits per heavy atom. The normalized spacial score (nSPS) is 9.73. The lowest BCUT2D eigenvalue weighted by molar-refractivity contribution is -0.685. The second kappa shape index (κ2) is 8.54. The van der Waals surface area contributed by atoms with Crippen molar-refractivity contribution in [1.82, 2.24) is 14.3 Å². The molecule has 9 heteroatoms. The summed E-state index contributed by atoms with van der Waals surface area (Å²) in [6, 6.07) is 3.74. The minimum absolute atomic E-state index is 0. The lowest BCUT2D eigenvalue weighted by Crippen LogP contribution is -3.00. The summed E-state index contributed by atoms with van der Waals surface area (Å²) in [5, 5.41) is 0.830. The monoisotopic (exact) mass is 386 g/mol. The molecule has 0 aliphatic rings. The SMILES string of the molecule is COC(=O)CN(C)C(=O)C[n+]1ccc(-c2ncns2)cc1.[Br-]. The van der Waals surface area contributed by atoms with Gasteiger partial charge in [-0.25, -0.2) is 4.98 Å². The number of hydrogen-bond acceptors (Lipinski definition) is 6. The number of ether oxygens (including phenoxy) is 1. The Bertz CT molecular complexity index is 619. The Morgan fingerprint density at radius 2 is 2.05 bits per heavy atom. The van der Waals surface area contributed by atoms with Gasteiger partial charge in [-0.3, -0.25) is 9.59 Å². The first-order valence-electron chi connectivity index (χ1n) is 6.17. The zero-order valence-electron chi connectivity index (χ0n) is 12.1. The van der Waals surface area contributed by atoms with Crippen LogP contribution >= 0.6 is 11.5 Å². The summed E-state index contributed by atoms with van der Waals surface area (Å²) in [6.07, 6.45) is 5.09. The minimum atomic E-state index is -0.442. The maximum atomic E-state index is 12.0. The molecule has 0 atom stereocenters. The molecule has 0 saturated carbocycles. The molecule has 0 spiro atoms. The molecular weight excluding hydrogens is 372 g/mol. The van der Waals surface area contributed by atoms with Crippen LogP contribution in [0.15, 0.2) is 30.9 Å². The van der Waals surface area contributed by atoms with E-state index in [1.165, 1.54) is 29.9 Å². The van der Waals surface area contributed by atoms with Gasteiger partial charge in [0.2, 0.25) is 6.54 Å². The maximum absolute atomic E-state index is 12.0. The molecule has 2 aromatic rings. The van der Waals surface area contributed by atoms with Crippen molar-refractivity contribution in [3.63, 3.8) is 0 Å². The van der Waals surface area contributed by atoms with Crippen molar-refractivity contribution in [3.8, 4) is 10.6 Å². The molecule has 0 bridgehead atoms. The van der Waals surface area contributed by atoms with E-state index in [2.05, 4.69) is 14.1 Å². The fourth-order valence-corrected chi connectivity index (χ4v) is 2.16. The number of pyridine rings is 1. The van der Waals surface area contributed by atoms with Gasteiger partial charge >= 0.3 is 5.97 Å². The van der Waals surface area contributed by atoms with Crippen molar-refractivity contribution < 1.29 is 35.9 Å². The van der Waals surface area contributed by atoms with Gasteiger partial charge in [0.1, 0.15) is 17.9 Å². The molecule has 2 rings (SSSR count). The molecule has 0 N–H and O–H groups in total. The van der Waals surface area contributed by atoms with Crippen LogP contribution in [-0.4, -0.2) is 46.8 Å². The Hall–Kier alpha value is -1.87. The van der Waals surface area contributed by atoms with Crippen LogP contribution in [0.2, 0.25) is 0 Å². The summed E-state index contributed by atoms with van der Waals surface area (Å²) in [7, 11) is 2.86. The number of methoxy groups -OCH3 is 1. The molecular formula is C13H15BrN4O3S. The minimum Gasteiger partial charge on any atom is -1.00 e. The van der Waals surface area contributed by atoms with Crippen LogP contribution in [0.3, 0.4) is 0 Å². The van der Waals surface area contributed by atoms with E-state index in [4.69, 9.17) is 0 Å². The number of rotatable bonds is 5. The van der Waals surface area contributed by atoms with Crippen molar-refractivity contribution in [1.29, 1.82) is 0 Å². The van der Waals surface area contributed by atoms with Gasteiger partial charge in [-0.2, -0.15) is 8.94 Å². The molecule has 2 heterocycles. The van der Waals surface area contributed by atoms with Crippen LogP contribution in [0.5, 0.6) is 0 Å². The van der Waals surface area contributed by atoms with Crippen LogP contribution in [0.25, 0.3) is 10.6 Å². The number of nitrogens with zero attached hydrogens (tertiary/aromatic N) is 4. The molecule has 0 unspecified atom stereocenters. The van der Waals surface area contributed by atoms with Gasteiger partial charge in [-0.15, -0.1) is 0 Å². The first-order valence-corrected chi connectivity index (χ1v) is 6.94. The quantitative estimate of drug-likeness (QED) is 0.407. The van der Waals surface area contributed by atoms with Crippen molar-refractivity contribution in [2.24, 2.45) is 0 Å². The maximum Gasteiger partial charge on any atom is 0.325 e. The molecule has 118 valence electrons. The Morgan fingerprint density at radius 3 is 2.59 bits per heavy atom. The van der Waals surface area contributed by atoms with Crippen LogP contribution in [0, 0.1) is 0 Å². The highest BCUT2D eigenvalue weighted by Crippen LogP contribution is 2.17. The fraction of sp³-hybridized carbons (Fsp3) is 0.308. The molecule has 0 aromatic carbocycles. The lowest BCUT2D eigenvalue weighted by Gasteiger charge is -2.13. The van der Waals surface area contributed by atoms with Crippen LogP contribution in [0.4, 0.5) is 0 Å². The highest BCUT2D eigenvalue weighted by Gasteiger charge is 2.17. The van der Waals surface area contributed by atoms with Gasteiger partial charge < -0.3 is 26.6 Å². The standard InChI is InChI=1S/C13H15N4O3S.BrH/c1-16(8-12(19)20-2)11(18)7-17-5-3-10(4-6-17)13-14-9-15-21-13;/h3-6,9H,7-8H2,1-2H3;1H/q+1;/p-1. The molecule has 0 fully saturated rings. The van der Waals surface area contributed by atoms with E-state index >= 15 is 0 Å². The van der Waals surface area contributed by atoms with E-state index in [-0.39, 0.29) is 36.0 Å². The van der Waals surface area contributed by atoms with E-state index in [1.807, 2.05) is 12.1 Å². The summed E-state index contributed by atoms with van der Waals surface area (Å²) in [5.74, 6) is -0.614. The van der Waals surface area contributed by atoms with Gasteiger partial charge in [0, 0.05) is 24.7 Å². The number of carbonyl (C=O) groups excluding carboxylic acids is 2. The first kappa shape index (κ1) is 18.2. The van der Waals surface area contributed by atoms with Gasteiger partial charge in [0.05, 0.1) is 7.11 Å². The highest BCUT2D eigenvalue weighted by molar-refractivity contribution is 7.09. The Balaban J connectivity index is 0.00000242. The number of carbonyl (C=O) groups is 2.